The number of thioether (sulfide) groups is 1. The third-order valence-corrected chi connectivity index (χ3v) is 6.24. The molecule has 0 aliphatic carbocycles. The molecule has 0 fully saturated rings. The van der Waals surface area contributed by atoms with Gasteiger partial charge in [0, 0.05) is 35.6 Å². The fraction of sp³-hybridized carbons (Fsp3) is 0.222. The van der Waals surface area contributed by atoms with Crippen LogP contribution < -0.4 is 0 Å². The molecule has 2 heterocycles. The van der Waals surface area contributed by atoms with Crippen LogP contribution in [0.25, 0.3) is 10.2 Å². The van der Waals surface area contributed by atoms with E-state index in [-0.39, 0.29) is 17.2 Å². The molecule has 26 heavy (non-hydrogen) atoms. The number of carbonyl (C=O) groups excluding carboxylic acids is 1. The maximum absolute atomic E-state index is 12.6. The van der Waals surface area contributed by atoms with E-state index in [2.05, 4.69) is 16.1 Å². The third kappa shape index (κ3) is 3.56. The largest absolute Gasteiger partial charge is 0.345 e. The van der Waals surface area contributed by atoms with Gasteiger partial charge in [-0.3, -0.25) is 14.9 Å². The molecule has 0 N–H and O–H groups in total. The van der Waals surface area contributed by atoms with Gasteiger partial charge >= 0.3 is 0 Å². The highest BCUT2D eigenvalue weighted by Gasteiger charge is 2.17. The van der Waals surface area contributed by atoms with E-state index in [1.807, 2.05) is 26.0 Å². The van der Waals surface area contributed by atoms with Crippen molar-refractivity contribution in [1.82, 2.24) is 9.55 Å². The number of hydrogen-bond acceptors (Lipinski definition) is 6. The van der Waals surface area contributed by atoms with Crippen molar-refractivity contribution in [3.05, 3.63) is 64.0 Å². The minimum Gasteiger partial charge on any atom is -0.345 e. The van der Waals surface area contributed by atoms with Crippen LogP contribution in [-0.4, -0.2) is 26.0 Å². The van der Waals surface area contributed by atoms with E-state index in [1.165, 1.54) is 35.2 Å². The molecule has 3 aromatic rings. The SMILES string of the molecule is C=CCn1c(C)cc(C(=O)CSc2nc3ccc([N+](=O)[O-])cc3s2)c1C. The van der Waals surface area contributed by atoms with Crippen molar-refractivity contribution >= 4 is 44.8 Å². The Labute approximate surface area is 158 Å². The van der Waals surface area contributed by atoms with Crippen molar-refractivity contribution in [3.8, 4) is 0 Å². The van der Waals surface area contributed by atoms with Crippen molar-refractivity contribution < 1.29 is 9.72 Å². The molecule has 0 saturated carbocycles. The summed E-state index contributed by atoms with van der Waals surface area (Å²) in [6, 6.07) is 6.50. The Morgan fingerprint density at radius 1 is 1.42 bits per heavy atom. The molecular weight excluding hydrogens is 370 g/mol. The number of nitro groups is 1. The zero-order valence-electron chi connectivity index (χ0n) is 14.4. The van der Waals surface area contributed by atoms with Crippen molar-refractivity contribution in [2.75, 3.05) is 5.75 Å². The Balaban J connectivity index is 1.75. The number of aryl methyl sites for hydroxylation is 1. The first-order chi connectivity index (χ1) is 12.4. The normalized spacial score (nSPS) is 11.0. The summed E-state index contributed by atoms with van der Waals surface area (Å²) in [5.41, 5.74) is 3.44. The molecule has 0 aliphatic rings. The highest BCUT2D eigenvalue weighted by molar-refractivity contribution is 8.01. The molecule has 0 spiro atoms. The van der Waals surface area contributed by atoms with Crippen LogP contribution in [0.15, 0.2) is 41.3 Å². The number of ketones is 1. The zero-order chi connectivity index (χ0) is 18.8. The maximum Gasteiger partial charge on any atom is 0.270 e. The van der Waals surface area contributed by atoms with E-state index in [9.17, 15) is 14.9 Å². The van der Waals surface area contributed by atoms with Crippen molar-refractivity contribution in [3.63, 3.8) is 0 Å². The molecule has 0 unspecified atom stereocenters. The quantitative estimate of drug-likeness (QED) is 0.192. The average molecular weight is 387 g/mol. The molecule has 0 radical (unpaired) electrons. The second-order valence-corrected chi connectivity index (χ2v) is 8.04. The van der Waals surface area contributed by atoms with Gasteiger partial charge in [-0.2, -0.15) is 0 Å². The molecule has 2 aromatic heterocycles. The minimum atomic E-state index is -0.422. The Hall–Kier alpha value is -2.45. The van der Waals surface area contributed by atoms with Gasteiger partial charge in [0.25, 0.3) is 5.69 Å². The average Bonchev–Trinajstić information content (AvgIpc) is 3.14. The number of rotatable bonds is 7. The number of benzene rings is 1. The van der Waals surface area contributed by atoms with E-state index in [4.69, 9.17) is 0 Å². The van der Waals surface area contributed by atoms with Crippen molar-refractivity contribution in [1.29, 1.82) is 0 Å². The first kappa shape index (κ1) is 18.3. The van der Waals surface area contributed by atoms with E-state index in [1.54, 1.807) is 6.07 Å². The van der Waals surface area contributed by atoms with Gasteiger partial charge in [0.2, 0.25) is 0 Å². The minimum absolute atomic E-state index is 0.0448. The topological polar surface area (TPSA) is 78.0 Å². The summed E-state index contributed by atoms with van der Waals surface area (Å²) in [7, 11) is 0. The van der Waals surface area contributed by atoms with Gasteiger partial charge in [0.05, 0.1) is 20.9 Å². The van der Waals surface area contributed by atoms with Gasteiger partial charge in [-0.25, -0.2) is 4.98 Å². The third-order valence-electron chi connectivity index (χ3n) is 4.08. The van der Waals surface area contributed by atoms with E-state index < -0.39 is 4.92 Å². The molecule has 0 bridgehead atoms. The van der Waals surface area contributed by atoms with Crippen LogP contribution in [0.2, 0.25) is 0 Å². The predicted molar refractivity (Wildman–Crippen MR) is 105 cm³/mol. The van der Waals surface area contributed by atoms with Gasteiger partial charge < -0.3 is 4.57 Å². The predicted octanol–water partition coefficient (Wildman–Crippen LogP) is 4.78. The number of Topliss-reactive ketones (excluding diaryl/α,β-unsaturated/α-hetero) is 1. The van der Waals surface area contributed by atoms with Crippen LogP contribution in [0, 0.1) is 24.0 Å². The van der Waals surface area contributed by atoms with Crippen molar-refractivity contribution in [2.45, 2.75) is 24.7 Å². The molecule has 6 nitrogen and oxygen atoms in total. The van der Waals surface area contributed by atoms with Gasteiger partial charge in [0.1, 0.15) is 0 Å². The lowest BCUT2D eigenvalue weighted by Crippen LogP contribution is -2.06. The molecule has 134 valence electrons. The van der Waals surface area contributed by atoms with E-state index in [0.717, 1.165) is 20.4 Å². The molecule has 0 aliphatic heterocycles. The lowest BCUT2D eigenvalue weighted by molar-refractivity contribution is -0.384. The number of carbonyl (C=O) groups is 1. The van der Waals surface area contributed by atoms with Gasteiger partial charge in [-0.1, -0.05) is 17.8 Å². The zero-order valence-corrected chi connectivity index (χ0v) is 16.0. The van der Waals surface area contributed by atoms with Crippen LogP contribution in [0.4, 0.5) is 5.69 Å². The second-order valence-electron chi connectivity index (χ2n) is 5.78. The number of nitro benzene ring substituents is 1. The number of fused-ring (bicyclic) bond motifs is 1. The molecule has 1 aromatic carbocycles. The smallest absolute Gasteiger partial charge is 0.270 e. The summed E-state index contributed by atoms with van der Waals surface area (Å²) in [4.78, 5) is 27.5. The monoisotopic (exact) mass is 387 g/mol. The maximum atomic E-state index is 12.6. The lowest BCUT2D eigenvalue weighted by Gasteiger charge is -2.05. The second kappa shape index (κ2) is 7.43. The lowest BCUT2D eigenvalue weighted by atomic mass is 10.2. The molecule has 0 atom stereocenters. The van der Waals surface area contributed by atoms with Crippen molar-refractivity contribution in [2.24, 2.45) is 0 Å². The van der Waals surface area contributed by atoms with Crippen LogP contribution in [-0.2, 0) is 6.54 Å². The molecule has 8 heteroatoms. The van der Waals surface area contributed by atoms with Gasteiger partial charge in [-0.05, 0) is 26.0 Å². The Morgan fingerprint density at radius 2 is 2.19 bits per heavy atom. The number of hydrogen-bond donors (Lipinski definition) is 0. The number of allylic oxidation sites excluding steroid dienone is 1. The molecule has 0 saturated heterocycles. The van der Waals surface area contributed by atoms with E-state index in [0.29, 0.717) is 17.6 Å². The standard InChI is InChI=1S/C18H17N3O3S2/c1-4-7-20-11(2)8-14(12(20)3)16(22)10-25-18-19-15-6-5-13(21(23)24)9-17(15)26-18/h4-6,8-9H,1,7,10H2,2-3H3. The Morgan fingerprint density at radius 3 is 2.88 bits per heavy atom. The first-order valence-corrected chi connectivity index (χ1v) is 9.69. The summed E-state index contributed by atoms with van der Waals surface area (Å²) in [6.07, 6.45) is 1.81. The fourth-order valence-corrected chi connectivity index (χ4v) is 4.75. The number of thiazole rings is 1. The van der Waals surface area contributed by atoms with Crippen LogP contribution >= 0.6 is 23.1 Å². The summed E-state index contributed by atoms with van der Waals surface area (Å²) >= 11 is 2.72. The van der Waals surface area contributed by atoms with Crippen LogP contribution in [0.1, 0.15) is 21.7 Å². The number of aromatic nitrogens is 2. The Kier molecular flexibility index (Phi) is 5.24. The molecular formula is C18H17N3O3S2. The Bertz CT molecular complexity index is 1020. The van der Waals surface area contributed by atoms with Gasteiger partial charge in [-0.15, -0.1) is 17.9 Å². The first-order valence-electron chi connectivity index (χ1n) is 7.89. The summed E-state index contributed by atoms with van der Waals surface area (Å²) in [5.74, 6) is 0.323. The highest BCUT2D eigenvalue weighted by Crippen LogP contribution is 2.32. The highest BCUT2D eigenvalue weighted by atomic mass is 32.2. The number of nitrogens with zero attached hydrogens (tertiary/aromatic N) is 3. The van der Waals surface area contributed by atoms with Gasteiger partial charge in [0.15, 0.2) is 10.1 Å². The number of non-ortho nitro benzene ring substituents is 1. The molecule has 0 amide bonds. The molecule has 3 rings (SSSR count). The fourth-order valence-electron chi connectivity index (χ4n) is 2.77. The summed E-state index contributed by atoms with van der Waals surface area (Å²) < 4.78 is 3.54. The summed E-state index contributed by atoms with van der Waals surface area (Å²) in [6.45, 7) is 8.33. The van der Waals surface area contributed by atoms with Crippen LogP contribution in [0.5, 0.6) is 0 Å². The van der Waals surface area contributed by atoms with E-state index >= 15 is 0 Å². The summed E-state index contributed by atoms with van der Waals surface area (Å²) in [5, 5.41) is 10.9. The van der Waals surface area contributed by atoms with Crippen LogP contribution in [0.3, 0.4) is 0 Å².